The van der Waals surface area contributed by atoms with Gasteiger partial charge in [-0.05, 0) is 0 Å². The van der Waals surface area contributed by atoms with Gasteiger partial charge in [-0.3, -0.25) is 0 Å². The Kier molecular flexibility index (Phi) is 15.6. The molecule has 43 valence electrons. The van der Waals surface area contributed by atoms with Gasteiger partial charge in [-0.25, -0.2) is 0 Å². The molecule has 0 bridgehead atoms. The van der Waals surface area contributed by atoms with Gasteiger partial charge in [0.15, 0.2) is 0 Å². The topological polar surface area (TPSA) is 17.1 Å². The number of hydrogen-bond donors (Lipinski definition) is 0. The summed E-state index contributed by atoms with van der Waals surface area (Å²) in [6.07, 6.45) is 2.37. The van der Waals surface area contributed by atoms with Crippen molar-refractivity contribution in [2.24, 2.45) is 0 Å². The first-order chi connectivity index (χ1) is 2.91. The summed E-state index contributed by atoms with van der Waals surface area (Å²) in [5.41, 5.74) is 0. The van der Waals surface area contributed by atoms with Gasteiger partial charge in [-0.1, -0.05) is 0 Å². The van der Waals surface area contributed by atoms with Crippen LogP contribution in [-0.2, 0) is 16.6 Å². The molecule has 0 aromatic rings. The third-order valence-electron chi connectivity index (χ3n) is 0.632. The molecule has 0 aromatic carbocycles. The predicted molar refractivity (Wildman–Crippen MR) is 34.9 cm³/mol. The quantitative estimate of drug-likeness (QED) is 0.308. The second-order valence-electron chi connectivity index (χ2n) is 1.25. The van der Waals surface area contributed by atoms with Crippen LogP contribution in [0.4, 0.5) is 0 Å². The van der Waals surface area contributed by atoms with Gasteiger partial charge in [0.25, 0.3) is 0 Å². The van der Waals surface area contributed by atoms with Crippen LogP contribution in [0.25, 0.3) is 0 Å². The van der Waals surface area contributed by atoms with E-state index in [2.05, 4.69) is 6.92 Å². The van der Waals surface area contributed by atoms with E-state index in [4.69, 9.17) is 0 Å². The van der Waals surface area contributed by atoms with Crippen molar-refractivity contribution < 1.29 is 3.08 Å². The summed E-state index contributed by atoms with van der Waals surface area (Å²) in [6.45, 7) is 2.12. The number of thiol groups is 1. The van der Waals surface area contributed by atoms with E-state index in [0.717, 1.165) is 4.44 Å². The van der Waals surface area contributed by atoms with Gasteiger partial charge in [0, 0.05) is 0 Å². The Morgan fingerprint density at radius 3 is 2.29 bits per heavy atom. The first-order valence-electron chi connectivity index (χ1n) is 2.26. The third kappa shape index (κ3) is 10.9. The maximum Gasteiger partial charge on any atom is -0.813 e. The van der Waals surface area contributed by atoms with Crippen LogP contribution in [0, 0.1) is 0 Å². The largest absolute Gasteiger partial charge is 0.813 e. The van der Waals surface area contributed by atoms with Gasteiger partial charge in [-0.15, -0.1) is 0 Å². The molecule has 1 radical (unpaired) electrons. The summed E-state index contributed by atoms with van der Waals surface area (Å²) < 4.78 is 10.9. The minimum Gasteiger partial charge on any atom is -0.813 e. The van der Waals surface area contributed by atoms with Crippen LogP contribution in [0.2, 0.25) is 4.44 Å². The van der Waals surface area contributed by atoms with Gasteiger partial charge in [-0.2, -0.15) is 0 Å². The number of rotatable bonds is 3. The summed E-state index contributed by atoms with van der Waals surface area (Å²) >= 11 is -1.06. The van der Waals surface area contributed by atoms with Crippen LogP contribution in [0.1, 0.15) is 19.8 Å². The Morgan fingerprint density at radius 1 is 1.57 bits per heavy atom. The van der Waals surface area contributed by atoms with Crippen molar-refractivity contribution in [3.63, 3.8) is 0 Å². The smallest absolute Gasteiger partial charge is 0.813 e. The fraction of sp³-hybridized carbons (Fsp3) is 1.00. The van der Waals surface area contributed by atoms with Crippen molar-refractivity contribution in [1.82, 2.24) is 0 Å². The van der Waals surface area contributed by atoms with Crippen LogP contribution in [0.5, 0.6) is 0 Å². The molecule has 0 fully saturated rings. The van der Waals surface area contributed by atoms with Gasteiger partial charge < -0.3 is 13.5 Å². The van der Waals surface area contributed by atoms with Crippen molar-refractivity contribution in [1.29, 1.82) is 0 Å². The van der Waals surface area contributed by atoms with Gasteiger partial charge >= 0.3 is 48.4 Å². The fourth-order valence-electron chi connectivity index (χ4n) is 0.249. The maximum atomic E-state index is 9.86. The van der Waals surface area contributed by atoms with Crippen LogP contribution in [-0.4, -0.2) is 21.1 Å². The Balaban J connectivity index is 0. The van der Waals surface area contributed by atoms with Crippen molar-refractivity contribution in [3.05, 3.63) is 0 Å². The molecule has 0 N–H and O–H groups in total. The normalized spacial score (nSPS) is 7.00. The first kappa shape index (κ1) is 10.8. The molecule has 0 heterocycles. The molecule has 7 heavy (non-hydrogen) atoms. The molecule has 0 aliphatic rings. The van der Waals surface area contributed by atoms with Gasteiger partial charge in [0.1, 0.15) is 0 Å². The molecule has 0 amide bonds. The van der Waals surface area contributed by atoms with Crippen LogP contribution in [0.15, 0.2) is 0 Å². The molecule has 3 heteroatoms. The van der Waals surface area contributed by atoms with E-state index in [1.807, 2.05) is 0 Å². The van der Waals surface area contributed by atoms with E-state index in [1.165, 1.54) is 12.8 Å². The predicted octanol–water partition coefficient (Wildman–Crippen LogP) is 0.984. The van der Waals surface area contributed by atoms with E-state index in [1.54, 1.807) is 0 Å². The summed E-state index contributed by atoms with van der Waals surface area (Å²) in [5.74, 6) is 0. The summed E-state index contributed by atoms with van der Waals surface area (Å²) in [4.78, 5) is 0. The zero-order chi connectivity index (χ0) is 4.83. The maximum absolute atomic E-state index is 9.86. The van der Waals surface area contributed by atoms with E-state index in [-0.39, 0.29) is 13.5 Å². The van der Waals surface area contributed by atoms with Crippen molar-refractivity contribution in [2.45, 2.75) is 24.2 Å². The van der Waals surface area contributed by atoms with Crippen LogP contribution < -0.4 is 0 Å². The van der Waals surface area contributed by atoms with E-state index >= 15 is 0 Å². The molecule has 0 spiro atoms. The molecule has 0 saturated carbocycles. The zero-order valence-corrected chi connectivity index (χ0v) is 8.23. The summed E-state index contributed by atoms with van der Waals surface area (Å²) in [6, 6.07) is 0. The average molecular weight is 225 g/mol. The standard InChI is InChI=1S/C4H9.O.H2S.Sn/c1-3-4-2;;;/h1,3-4H2,2H3;;1H2;/p-1. The van der Waals surface area contributed by atoms with E-state index < -0.39 is 21.1 Å². The molecule has 0 atom stereocenters. The van der Waals surface area contributed by atoms with Crippen molar-refractivity contribution in [2.75, 3.05) is 0 Å². The number of hydrogen-bond acceptors (Lipinski definition) is 2. The van der Waals surface area contributed by atoms with Crippen molar-refractivity contribution >= 4 is 34.6 Å². The van der Waals surface area contributed by atoms with E-state index in [0.29, 0.717) is 0 Å². The molecule has 0 saturated heterocycles. The molecule has 0 aliphatic carbocycles. The zero-order valence-electron chi connectivity index (χ0n) is 4.48. The Labute approximate surface area is 61.9 Å². The minimum absolute atomic E-state index is 0. The monoisotopic (exact) mass is 226 g/mol. The van der Waals surface area contributed by atoms with Crippen LogP contribution >= 0.6 is 0 Å². The minimum atomic E-state index is -1.06. The third-order valence-corrected chi connectivity index (χ3v) is 2.22. The second kappa shape index (κ2) is 10.0. The molecule has 1 nitrogen and oxygen atoms in total. The fourth-order valence-corrected chi connectivity index (χ4v) is 1.67. The Bertz CT molecular complexity index is 40.7. The Hall–Kier alpha value is 0.949. The second-order valence-corrected chi connectivity index (χ2v) is 3.50. The Morgan fingerprint density at radius 2 is 2.14 bits per heavy atom. The van der Waals surface area contributed by atoms with Gasteiger partial charge in [0.05, 0.1) is 0 Å². The summed E-state index contributed by atoms with van der Waals surface area (Å²) in [5, 5.41) is 0. The molecular weight excluding hydrogens is 215 g/mol. The summed E-state index contributed by atoms with van der Waals surface area (Å²) in [7, 11) is 0. The molecule has 0 unspecified atom stereocenters. The van der Waals surface area contributed by atoms with Crippen LogP contribution in [0.3, 0.4) is 0 Å². The SMILES string of the molecule is CCC[CH2][Sn]=[O].[SH-]. The van der Waals surface area contributed by atoms with Crippen molar-refractivity contribution in [3.8, 4) is 0 Å². The molecule has 0 aliphatic heterocycles. The van der Waals surface area contributed by atoms with E-state index in [9.17, 15) is 3.08 Å². The number of unbranched alkanes of at least 4 members (excludes halogenated alkanes) is 1. The molecule has 0 rings (SSSR count). The molecular formula is C4H10OSSn-. The van der Waals surface area contributed by atoms with Gasteiger partial charge in [0.2, 0.25) is 0 Å². The first-order valence-corrected chi connectivity index (χ1v) is 5.45. The molecule has 0 aromatic heterocycles. The average Bonchev–Trinajstić information content (AvgIpc) is 1.61.